The summed E-state index contributed by atoms with van der Waals surface area (Å²) in [6.07, 6.45) is 3.14. The van der Waals surface area contributed by atoms with Gasteiger partial charge in [0.15, 0.2) is 0 Å². The molecule has 1 saturated heterocycles. The van der Waals surface area contributed by atoms with Crippen molar-refractivity contribution in [1.82, 2.24) is 14.9 Å². The van der Waals surface area contributed by atoms with Crippen LogP contribution in [0.15, 0.2) is 30.5 Å². The number of anilines is 3. The first-order chi connectivity index (χ1) is 16.2. The van der Waals surface area contributed by atoms with Crippen molar-refractivity contribution in [3.05, 3.63) is 41.7 Å². The van der Waals surface area contributed by atoms with Gasteiger partial charge in [0, 0.05) is 50.2 Å². The predicted molar refractivity (Wildman–Crippen MR) is 134 cm³/mol. The second-order valence-electron chi connectivity index (χ2n) is 10.0. The van der Waals surface area contributed by atoms with Crippen LogP contribution in [0.25, 0.3) is 0 Å². The zero-order valence-corrected chi connectivity index (χ0v) is 20.6. The maximum absolute atomic E-state index is 12.5. The van der Waals surface area contributed by atoms with Gasteiger partial charge in [0.25, 0.3) is 0 Å². The van der Waals surface area contributed by atoms with Crippen molar-refractivity contribution in [2.24, 2.45) is 17.6 Å². The van der Waals surface area contributed by atoms with Crippen LogP contribution in [0, 0.1) is 11.8 Å². The van der Waals surface area contributed by atoms with E-state index in [-0.39, 0.29) is 29.4 Å². The van der Waals surface area contributed by atoms with E-state index < -0.39 is 6.04 Å². The van der Waals surface area contributed by atoms with Crippen molar-refractivity contribution < 1.29 is 9.59 Å². The third-order valence-corrected chi connectivity index (χ3v) is 6.93. The normalized spacial score (nSPS) is 19.4. The molecule has 1 aromatic carbocycles. The molecule has 34 heavy (non-hydrogen) atoms. The second-order valence-corrected chi connectivity index (χ2v) is 10.0. The number of hydrogen-bond donors (Lipinski definition) is 2. The summed E-state index contributed by atoms with van der Waals surface area (Å²) in [6.45, 7) is 11.0. The molecule has 1 aliphatic heterocycles. The number of benzene rings is 1. The molecule has 1 aromatic heterocycles. The number of carbonyl (C=O) groups is 2. The molecule has 0 saturated carbocycles. The van der Waals surface area contributed by atoms with Crippen LogP contribution in [0.5, 0.6) is 0 Å². The molecule has 2 unspecified atom stereocenters. The SMILES string of the molecule is CC(C)C(N)C(=O)N1CCN(c2ccc(Nc3ncc4c(n3)C(C(C)C)C(=O)CC4)cc2)CC1. The van der Waals surface area contributed by atoms with E-state index in [9.17, 15) is 9.59 Å². The Labute approximate surface area is 201 Å². The molecule has 2 atom stereocenters. The standard InChI is InChI=1S/C26H36N6O2/c1-16(2)22-21(33)10-5-18-15-28-26(30-24(18)22)29-19-6-8-20(9-7-19)31-11-13-32(14-12-31)25(34)23(27)17(3)4/h6-9,15-17,22-23H,5,10-14,27H2,1-4H3,(H,28,29,30). The van der Waals surface area contributed by atoms with Gasteiger partial charge in [-0.1, -0.05) is 27.7 Å². The fourth-order valence-corrected chi connectivity index (χ4v) is 4.76. The molecule has 1 fully saturated rings. The lowest BCUT2D eigenvalue weighted by molar-refractivity contribution is -0.133. The summed E-state index contributed by atoms with van der Waals surface area (Å²) in [5.41, 5.74) is 9.99. The Morgan fingerprint density at radius 3 is 2.35 bits per heavy atom. The van der Waals surface area contributed by atoms with Crippen LogP contribution in [0.1, 0.15) is 51.3 Å². The van der Waals surface area contributed by atoms with Gasteiger partial charge in [0.2, 0.25) is 11.9 Å². The second kappa shape index (κ2) is 10.1. The molecule has 8 nitrogen and oxygen atoms in total. The van der Waals surface area contributed by atoms with E-state index in [1.807, 2.05) is 37.1 Å². The predicted octanol–water partition coefficient (Wildman–Crippen LogP) is 3.11. The molecule has 1 amide bonds. The van der Waals surface area contributed by atoms with Crippen molar-refractivity contribution in [3.8, 4) is 0 Å². The van der Waals surface area contributed by atoms with E-state index in [0.717, 1.165) is 35.7 Å². The maximum atomic E-state index is 12.5. The molecular formula is C26H36N6O2. The fraction of sp³-hybridized carbons (Fsp3) is 0.538. The maximum Gasteiger partial charge on any atom is 0.239 e. The summed E-state index contributed by atoms with van der Waals surface area (Å²) < 4.78 is 0. The van der Waals surface area contributed by atoms with Gasteiger partial charge in [-0.3, -0.25) is 9.59 Å². The summed E-state index contributed by atoms with van der Waals surface area (Å²) >= 11 is 0. The largest absolute Gasteiger partial charge is 0.368 e. The number of Topliss-reactive ketones (excluding diaryl/α,β-unsaturated/α-hetero) is 1. The van der Waals surface area contributed by atoms with Gasteiger partial charge in [-0.25, -0.2) is 9.97 Å². The van der Waals surface area contributed by atoms with Crippen LogP contribution < -0.4 is 16.0 Å². The number of ketones is 1. The van der Waals surface area contributed by atoms with E-state index in [1.54, 1.807) is 0 Å². The summed E-state index contributed by atoms with van der Waals surface area (Å²) in [5, 5.41) is 3.28. The lowest BCUT2D eigenvalue weighted by atomic mass is 9.79. The zero-order chi connectivity index (χ0) is 24.4. The highest BCUT2D eigenvalue weighted by atomic mass is 16.2. The molecule has 2 aliphatic rings. The number of rotatable bonds is 6. The van der Waals surface area contributed by atoms with Crippen LogP contribution >= 0.6 is 0 Å². The molecule has 2 aromatic rings. The minimum absolute atomic E-state index is 0.0423. The number of fused-ring (bicyclic) bond motifs is 1. The van der Waals surface area contributed by atoms with Crippen molar-refractivity contribution in [2.45, 2.75) is 52.5 Å². The van der Waals surface area contributed by atoms with Crippen LogP contribution in [0.3, 0.4) is 0 Å². The molecule has 8 heteroatoms. The molecule has 1 aliphatic carbocycles. The number of nitrogens with one attached hydrogen (secondary N) is 1. The Balaban J connectivity index is 1.39. The highest BCUT2D eigenvalue weighted by Crippen LogP contribution is 2.33. The Morgan fingerprint density at radius 1 is 1.06 bits per heavy atom. The van der Waals surface area contributed by atoms with E-state index in [2.05, 4.69) is 41.2 Å². The summed E-state index contributed by atoms with van der Waals surface area (Å²) in [7, 11) is 0. The number of carbonyl (C=O) groups excluding carboxylic acids is 2. The summed E-state index contributed by atoms with van der Waals surface area (Å²) in [6, 6.07) is 7.72. The van der Waals surface area contributed by atoms with Gasteiger partial charge in [0.05, 0.1) is 17.7 Å². The van der Waals surface area contributed by atoms with Gasteiger partial charge >= 0.3 is 0 Å². The summed E-state index contributed by atoms with van der Waals surface area (Å²) in [5.74, 6) is 1.02. The molecule has 4 rings (SSSR count). The van der Waals surface area contributed by atoms with Crippen LogP contribution in [0.2, 0.25) is 0 Å². The van der Waals surface area contributed by atoms with Crippen LogP contribution in [-0.2, 0) is 16.0 Å². The van der Waals surface area contributed by atoms with E-state index in [1.165, 1.54) is 0 Å². The molecular weight excluding hydrogens is 428 g/mol. The highest BCUT2D eigenvalue weighted by Gasteiger charge is 2.32. The number of nitrogens with zero attached hydrogens (tertiary/aromatic N) is 4. The molecule has 0 bridgehead atoms. The van der Waals surface area contributed by atoms with Gasteiger partial charge in [0.1, 0.15) is 5.78 Å². The minimum atomic E-state index is -0.434. The van der Waals surface area contributed by atoms with Crippen LogP contribution in [0.4, 0.5) is 17.3 Å². The summed E-state index contributed by atoms with van der Waals surface area (Å²) in [4.78, 5) is 38.3. The Kier molecular flexibility index (Phi) is 7.16. The molecule has 182 valence electrons. The number of aryl methyl sites for hydroxylation is 1. The highest BCUT2D eigenvalue weighted by molar-refractivity contribution is 5.87. The third kappa shape index (κ3) is 5.06. The van der Waals surface area contributed by atoms with E-state index in [0.29, 0.717) is 31.9 Å². The van der Waals surface area contributed by atoms with E-state index in [4.69, 9.17) is 10.7 Å². The Bertz CT molecular complexity index is 1030. The van der Waals surface area contributed by atoms with Crippen molar-refractivity contribution in [1.29, 1.82) is 0 Å². The van der Waals surface area contributed by atoms with Gasteiger partial charge in [-0.05, 0) is 48.1 Å². The monoisotopic (exact) mass is 464 g/mol. The average Bonchev–Trinajstić information content (AvgIpc) is 2.83. The number of amides is 1. The van der Waals surface area contributed by atoms with Gasteiger partial charge in [-0.2, -0.15) is 0 Å². The topological polar surface area (TPSA) is 104 Å². The van der Waals surface area contributed by atoms with Gasteiger partial charge in [-0.15, -0.1) is 0 Å². The van der Waals surface area contributed by atoms with Crippen molar-refractivity contribution in [3.63, 3.8) is 0 Å². The van der Waals surface area contributed by atoms with E-state index >= 15 is 0 Å². The zero-order valence-electron chi connectivity index (χ0n) is 20.6. The average molecular weight is 465 g/mol. The van der Waals surface area contributed by atoms with Gasteiger partial charge < -0.3 is 20.9 Å². The lowest BCUT2D eigenvalue weighted by Gasteiger charge is -2.37. The number of nitrogens with two attached hydrogens (primary N) is 1. The fourth-order valence-electron chi connectivity index (χ4n) is 4.76. The molecule has 3 N–H and O–H groups in total. The molecule has 0 radical (unpaired) electrons. The minimum Gasteiger partial charge on any atom is -0.368 e. The first-order valence-electron chi connectivity index (χ1n) is 12.3. The molecule has 0 spiro atoms. The van der Waals surface area contributed by atoms with Crippen molar-refractivity contribution >= 4 is 29.0 Å². The van der Waals surface area contributed by atoms with Crippen molar-refractivity contribution in [2.75, 3.05) is 36.4 Å². The number of aromatic nitrogens is 2. The quantitative estimate of drug-likeness (QED) is 0.677. The lowest BCUT2D eigenvalue weighted by Crippen LogP contribution is -2.54. The Morgan fingerprint density at radius 2 is 1.74 bits per heavy atom. The first-order valence-corrected chi connectivity index (χ1v) is 12.3. The first kappa shape index (κ1) is 24.1. The number of hydrogen-bond acceptors (Lipinski definition) is 7. The Hall–Kier alpha value is -3.00. The molecule has 2 heterocycles. The smallest absolute Gasteiger partial charge is 0.239 e. The van der Waals surface area contributed by atoms with Crippen LogP contribution in [-0.4, -0.2) is 58.8 Å². The number of piperazine rings is 1. The third-order valence-electron chi connectivity index (χ3n) is 6.93.